The minimum Gasteiger partial charge on any atom is -0.326 e. The van der Waals surface area contributed by atoms with Crippen molar-refractivity contribution in [1.29, 1.82) is 0 Å². The molecule has 98 valence electrons. The van der Waals surface area contributed by atoms with Gasteiger partial charge < -0.3 is 16.4 Å². The van der Waals surface area contributed by atoms with Gasteiger partial charge in [-0.1, -0.05) is 12.1 Å². The number of nitrogens with one attached hydrogen (secondary N) is 2. The second-order valence-electron chi connectivity index (χ2n) is 4.17. The molecule has 1 heterocycles. The summed E-state index contributed by atoms with van der Waals surface area (Å²) in [6.45, 7) is 2.35. The Bertz CT molecular complexity index is 583. The van der Waals surface area contributed by atoms with Crippen molar-refractivity contribution < 1.29 is 4.79 Å². The SMILES string of the molecule is Cc1ccncc1NC(=O)Nc1cccc(CN)c1. The van der Waals surface area contributed by atoms with Gasteiger partial charge in [-0.05, 0) is 36.2 Å². The van der Waals surface area contributed by atoms with Crippen molar-refractivity contribution in [3.8, 4) is 0 Å². The van der Waals surface area contributed by atoms with E-state index < -0.39 is 0 Å². The molecule has 0 aliphatic heterocycles. The van der Waals surface area contributed by atoms with Gasteiger partial charge in [-0.3, -0.25) is 4.98 Å². The van der Waals surface area contributed by atoms with E-state index in [0.717, 1.165) is 11.1 Å². The summed E-state index contributed by atoms with van der Waals surface area (Å²) >= 11 is 0. The average molecular weight is 256 g/mol. The second kappa shape index (κ2) is 5.97. The maximum Gasteiger partial charge on any atom is 0.323 e. The van der Waals surface area contributed by atoms with E-state index >= 15 is 0 Å². The molecule has 0 bridgehead atoms. The highest BCUT2D eigenvalue weighted by molar-refractivity contribution is 6.00. The van der Waals surface area contributed by atoms with Gasteiger partial charge in [0.15, 0.2) is 0 Å². The number of carbonyl (C=O) groups is 1. The first kappa shape index (κ1) is 13.0. The van der Waals surface area contributed by atoms with Crippen molar-refractivity contribution in [2.75, 3.05) is 10.6 Å². The van der Waals surface area contributed by atoms with Crippen LogP contribution in [0, 0.1) is 6.92 Å². The third-order valence-electron chi connectivity index (χ3n) is 2.71. The van der Waals surface area contributed by atoms with E-state index in [1.54, 1.807) is 12.4 Å². The lowest BCUT2D eigenvalue weighted by Gasteiger charge is -2.09. The van der Waals surface area contributed by atoms with Crippen LogP contribution in [0.3, 0.4) is 0 Å². The molecule has 2 rings (SSSR count). The van der Waals surface area contributed by atoms with Gasteiger partial charge in [-0.25, -0.2) is 4.79 Å². The van der Waals surface area contributed by atoms with Crippen molar-refractivity contribution in [3.05, 3.63) is 53.9 Å². The van der Waals surface area contributed by atoms with Crippen molar-refractivity contribution in [3.63, 3.8) is 0 Å². The van der Waals surface area contributed by atoms with Crippen LogP contribution in [0.4, 0.5) is 16.2 Å². The topological polar surface area (TPSA) is 80.0 Å². The summed E-state index contributed by atoms with van der Waals surface area (Å²) in [4.78, 5) is 15.8. The first-order chi connectivity index (χ1) is 9.19. The first-order valence-electron chi connectivity index (χ1n) is 5.96. The number of benzene rings is 1. The van der Waals surface area contributed by atoms with Crippen molar-refractivity contribution in [2.24, 2.45) is 5.73 Å². The fourth-order valence-corrected chi connectivity index (χ4v) is 1.66. The fourth-order valence-electron chi connectivity index (χ4n) is 1.66. The molecule has 0 unspecified atom stereocenters. The molecule has 0 atom stereocenters. The lowest BCUT2D eigenvalue weighted by Crippen LogP contribution is -2.20. The molecule has 1 aromatic carbocycles. The number of urea groups is 1. The molecule has 19 heavy (non-hydrogen) atoms. The highest BCUT2D eigenvalue weighted by atomic mass is 16.2. The Morgan fingerprint density at radius 1 is 1.32 bits per heavy atom. The Labute approximate surface area is 111 Å². The molecule has 0 aliphatic carbocycles. The predicted octanol–water partition coefficient (Wildman–Crippen LogP) is 2.49. The number of aryl methyl sites for hydroxylation is 1. The Kier molecular flexibility index (Phi) is 4.10. The van der Waals surface area contributed by atoms with Gasteiger partial charge >= 0.3 is 6.03 Å². The summed E-state index contributed by atoms with van der Waals surface area (Å²) < 4.78 is 0. The quantitative estimate of drug-likeness (QED) is 0.789. The zero-order valence-electron chi connectivity index (χ0n) is 10.7. The molecule has 0 spiro atoms. The number of aromatic nitrogens is 1. The van der Waals surface area contributed by atoms with E-state index in [-0.39, 0.29) is 6.03 Å². The highest BCUT2D eigenvalue weighted by Gasteiger charge is 2.05. The second-order valence-corrected chi connectivity index (χ2v) is 4.17. The number of nitrogens with two attached hydrogens (primary N) is 1. The number of hydrogen-bond donors (Lipinski definition) is 3. The van der Waals surface area contributed by atoms with Crippen LogP contribution in [-0.4, -0.2) is 11.0 Å². The van der Waals surface area contributed by atoms with Crippen LogP contribution in [0.25, 0.3) is 0 Å². The average Bonchev–Trinajstić information content (AvgIpc) is 2.41. The summed E-state index contributed by atoms with van der Waals surface area (Å²) in [7, 11) is 0. The van der Waals surface area contributed by atoms with Gasteiger partial charge in [-0.2, -0.15) is 0 Å². The van der Waals surface area contributed by atoms with Gasteiger partial charge in [0, 0.05) is 18.4 Å². The van der Waals surface area contributed by atoms with Crippen LogP contribution in [0.5, 0.6) is 0 Å². The molecular formula is C14H16N4O. The van der Waals surface area contributed by atoms with E-state index in [9.17, 15) is 4.79 Å². The number of rotatable bonds is 3. The number of anilines is 2. The predicted molar refractivity (Wildman–Crippen MR) is 75.9 cm³/mol. The Hall–Kier alpha value is -2.40. The minimum absolute atomic E-state index is 0.301. The Morgan fingerprint density at radius 2 is 2.16 bits per heavy atom. The molecule has 1 aromatic heterocycles. The first-order valence-corrected chi connectivity index (χ1v) is 5.96. The van der Waals surface area contributed by atoms with Crippen molar-refractivity contribution in [1.82, 2.24) is 4.98 Å². The molecule has 0 saturated heterocycles. The molecule has 4 N–H and O–H groups in total. The molecule has 0 fully saturated rings. The number of nitrogens with zero attached hydrogens (tertiary/aromatic N) is 1. The third-order valence-corrected chi connectivity index (χ3v) is 2.71. The van der Waals surface area contributed by atoms with E-state index in [4.69, 9.17) is 5.73 Å². The van der Waals surface area contributed by atoms with Crippen LogP contribution in [-0.2, 0) is 6.54 Å². The summed E-state index contributed by atoms with van der Waals surface area (Å²) in [5.41, 5.74) is 8.88. The maximum absolute atomic E-state index is 11.9. The highest BCUT2D eigenvalue weighted by Crippen LogP contribution is 2.13. The van der Waals surface area contributed by atoms with Gasteiger partial charge in [-0.15, -0.1) is 0 Å². The van der Waals surface area contributed by atoms with Crippen LogP contribution >= 0.6 is 0 Å². The molecule has 5 heteroatoms. The Balaban J connectivity index is 2.03. The molecule has 0 saturated carbocycles. The van der Waals surface area contributed by atoms with Crippen LogP contribution < -0.4 is 16.4 Å². The normalized spacial score (nSPS) is 10.0. The number of hydrogen-bond acceptors (Lipinski definition) is 3. The monoisotopic (exact) mass is 256 g/mol. The molecule has 0 radical (unpaired) electrons. The van der Waals surface area contributed by atoms with E-state index in [2.05, 4.69) is 15.6 Å². The van der Waals surface area contributed by atoms with Gasteiger partial charge in [0.25, 0.3) is 0 Å². The van der Waals surface area contributed by atoms with Gasteiger partial charge in [0.1, 0.15) is 0 Å². The van der Waals surface area contributed by atoms with E-state index in [1.165, 1.54) is 0 Å². The van der Waals surface area contributed by atoms with E-state index in [1.807, 2.05) is 37.3 Å². The number of pyridine rings is 1. The van der Waals surface area contributed by atoms with Crippen LogP contribution in [0.2, 0.25) is 0 Å². The molecule has 2 aromatic rings. The largest absolute Gasteiger partial charge is 0.326 e. The smallest absolute Gasteiger partial charge is 0.323 e. The summed E-state index contributed by atoms with van der Waals surface area (Å²) in [6.07, 6.45) is 3.30. The zero-order chi connectivity index (χ0) is 13.7. The molecule has 0 aliphatic rings. The summed E-state index contributed by atoms with van der Waals surface area (Å²) in [5.74, 6) is 0. The lowest BCUT2D eigenvalue weighted by molar-refractivity contribution is 0.262. The van der Waals surface area contributed by atoms with Gasteiger partial charge in [0.05, 0.1) is 11.9 Å². The van der Waals surface area contributed by atoms with Gasteiger partial charge in [0.2, 0.25) is 0 Å². The van der Waals surface area contributed by atoms with Crippen molar-refractivity contribution in [2.45, 2.75) is 13.5 Å². The maximum atomic E-state index is 11.9. The molecule has 2 amide bonds. The Morgan fingerprint density at radius 3 is 2.89 bits per heavy atom. The standard InChI is InChI=1S/C14H16N4O/c1-10-5-6-16-9-13(10)18-14(19)17-12-4-2-3-11(7-12)8-15/h2-7,9H,8,15H2,1H3,(H2,17,18,19). The zero-order valence-corrected chi connectivity index (χ0v) is 10.7. The summed E-state index contributed by atoms with van der Waals surface area (Å²) in [6, 6.07) is 8.96. The third kappa shape index (κ3) is 3.53. The molecular weight excluding hydrogens is 240 g/mol. The van der Waals surface area contributed by atoms with E-state index in [0.29, 0.717) is 17.9 Å². The van der Waals surface area contributed by atoms with Crippen LogP contribution in [0.1, 0.15) is 11.1 Å². The van der Waals surface area contributed by atoms with Crippen molar-refractivity contribution >= 4 is 17.4 Å². The number of carbonyl (C=O) groups excluding carboxylic acids is 1. The number of amides is 2. The minimum atomic E-state index is -0.301. The lowest BCUT2D eigenvalue weighted by atomic mass is 10.2. The fraction of sp³-hybridized carbons (Fsp3) is 0.143. The van der Waals surface area contributed by atoms with Crippen LogP contribution in [0.15, 0.2) is 42.7 Å². The summed E-state index contributed by atoms with van der Waals surface area (Å²) in [5, 5.41) is 5.51. The molecule has 5 nitrogen and oxygen atoms in total.